The van der Waals surface area contributed by atoms with Crippen molar-refractivity contribution < 1.29 is 19.1 Å². The van der Waals surface area contributed by atoms with Crippen LogP contribution in [0.4, 0.5) is 0 Å². The van der Waals surface area contributed by atoms with E-state index in [1.807, 2.05) is 0 Å². The lowest BCUT2D eigenvalue weighted by Gasteiger charge is -2.04. The third-order valence-electron chi connectivity index (χ3n) is 1.60. The van der Waals surface area contributed by atoms with Gasteiger partial charge in [-0.25, -0.2) is 4.79 Å². The fraction of sp³-hybridized carbons (Fsp3) is 0.571. The first kappa shape index (κ1) is 7.91. The monoisotopic (exact) mass is 156 g/mol. The molecule has 11 heavy (non-hydrogen) atoms. The summed E-state index contributed by atoms with van der Waals surface area (Å²) in [7, 11) is 0. The van der Waals surface area contributed by atoms with Gasteiger partial charge in [-0.2, -0.15) is 0 Å². The van der Waals surface area contributed by atoms with Crippen molar-refractivity contribution in [2.75, 3.05) is 0 Å². The van der Waals surface area contributed by atoms with Gasteiger partial charge in [0, 0.05) is 0 Å². The SMILES string of the molecule is CC(C)C1C(=O)OC(=O)C1=O. The molecule has 1 heterocycles. The predicted octanol–water partition coefficient (Wildman–Crippen LogP) is -0.0889. The summed E-state index contributed by atoms with van der Waals surface area (Å²) >= 11 is 0. The van der Waals surface area contributed by atoms with E-state index < -0.39 is 23.6 Å². The van der Waals surface area contributed by atoms with Crippen molar-refractivity contribution in [3.05, 3.63) is 0 Å². The number of hydrogen-bond acceptors (Lipinski definition) is 4. The number of cyclic esters (lactones) is 2. The Labute approximate surface area is 63.5 Å². The largest absolute Gasteiger partial charge is 0.387 e. The first-order valence-electron chi connectivity index (χ1n) is 3.34. The number of carbonyl (C=O) groups excluding carboxylic acids is 3. The van der Waals surface area contributed by atoms with Gasteiger partial charge < -0.3 is 4.74 Å². The van der Waals surface area contributed by atoms with Crippen LogP contribution in [0.2, 0.25) is 0 Å². The molecule has 0 N–H and O–H groups in total. The van der Waals surface area contributed by atoms with Gasteiger partial charge in [0.15, 0.2) is 0 Å². The Kier molecular flexibility index (Phi) is 1.76. The lowest BCUT2D eigenvalue weighted by Crippen LogP contribution is -2.22. The van der Waals surface area contributed by atoms with Crippen molar-refractivity contribution in [3.63, 3.8) is 0 Å². The number of carbonyl (C=O) groups is 3. The number of hydrogen-bond donors (Lipinski definition) is 0. The van der Waals surface area contributed by atoms with E-state index in [1.165, 1.54) is 0 Å². The van der Waals surface area contributed by atoms with Gasteiger partial charge in [0.2, 0.25) is 0 Å². The molecule has 0 aromatic carbocycles. The molecule has 1 unspecified atom stereocenters. The Balaban J connectivity index is 2.88. The number of ether oxygens (including phenoxy) is 1. The van der Waals surface area contributed by atoms with Gasteiger partial charge in [-0.15, -0.1) is 0 Å². The standard InChI is InChI=1S/C7H8O4/c1-3(2)4-5(8)7(10)11-6(4)9/h3-4H,1-2H3. The summed E-state index contributed by atoms with van der Waals surface area (Å²) in [5, 5.41) is 0. The van der Waals surface area contributed by atoms with Crippen LogP contribution in [0.25, 0.3) is 0 Å². The fourth-order valence-corrected chi connectivity index (χ4v) is 1.01. The highest BCUT2D eigenvalue weighted by atomic mass is 16.6. The number of rotatable bonds is 1. The van der Waals surface area contributed by atoms with Gasteiger partial charge in [-0.3, -0.25) is 9.59 Å². The van der Waals surface area contributed by atoms with E-state index in [0.29, 0.717) is 0 Å². The molecule has 4 nitrogen and oxygen atoms in total. The maximum atomic E-state index is 10.9. The van der Waals surface area contributed by atoms with Crippen LogP contribution in [0.15, 0.2) is 0 Å². The number of Topliss-reactive ketones (excluding diaryl/α,β-unsaturated/α-hetero) is 1. The van der Waals surface area contributed by atoms with Crippen LogP contribution < -0.4 is 0 Å². The zero-order valence-electron chi connectivity index (χ0n) is 6.29. The molecule has 0 aliphatic carbocycles. The van der Waals surface area contributed by atoms with Crippen LogP contribution in [0.5, 0.6) is 0 Å². The first-order chi connectivity index (χ1) is 5.04. The minimum atomic E-state index is -1.02. The fourth-order valence-electron chi connectivity index (χ4n) is 1.01. The number of ketones is 1. The van der Waals surface area contributed by atoms with E-state index in [9.17, 15) is 14.4 Å². The minimum absolute atomic E-state index is 0.165. The minimum Gasteiger partial charge on any atom is -0.387 e. The average molecular weight is 156 g/mol. The van der Waals surface area contributed by atoms with E-state index in [4.69, 9.17) is 0 Å². The van der Waals surface area contributed by atoms with Crippen LogP contribution in [-0.4, -0.2) is 17.7 Å². The quantitative estimate of drug-likeness (QED) is 0.302. The van der Waals surface area contributed by atoms with Gasteiger partial charge in [0.05, 0.1) is 0 Å². The van der Waals surface area contributed by atoms with Crippen LogP contribution >= 0.6 is 0 Å². The van der Waals surface area contributed by atoms with Gasteiger partial charge in [-0.1, -0.05) is 13.8 Å². The molecule has 1 fully saturated rings. The summed E-state index contributed by atoms with van der Waals surface area (Å²) in [5.74, 6) is -3.49. The molecule has 0 amide bonds. The molecule has 1 rings (SSSR count). The van der Waals surface area contributed by atoms with Crippen molar-refractivity contribution in [1.82, 2.24) is 0 Å². The summed E-state index contributed by atoms with van der Waals surface area (Å²) in [4.78, 5) is 32.1. The molecule has 60 valence electrons. The van der Waals surface area contributed by atoms with Crippen LogP contribution in [-0.2, 0) is 19.1 Å². The first-order valence-corrected chi connectivity index (χ1v) is 3.34. The van der Waals surface area contributed by atoms with Crippen molar-refractivity contribution >= 4 is 17.7 Å². The molecule has 0 aromatic heterocycles. The van der Waals surface area contributed by atoms with Crippen LogP contribution in [0.3, 0.4) is 0 Å². The normalized spacial score (nSPS) is 24.6. The lowest BCUT2D eigenvalue weighted by molar-refractivity contribution is -0.155. The maximum Gasteiger partial charge on any atom is 0.383 e. The highest BCUT2D eigenvalue weighted by Gasteiger charge is 2.44. The smallest absolute Gasteiger partial charge is 0.383 e. The Morgan fingerprint density at radius 2 is 1.82 bits per heavy atom. The number of esters is 2. The molecular formula is C7H8O4. The second-order valence-corrected chi connectivity index (χ2v) is 2.79. The van der Waals surface area contributed by atoms with Gasteiger partial charge in [0.1, 0.15) is 5.92 Å². The molecule has 4 heteroatoms. The average Bonchev–Trinajstić information content (AvgIpc) is 2.07. The zero-order valence-corrected chi connectivity index (χ0v) is 6.29. The lowest BCUT2D eigenvalue weighted by atomic mass is 9.94. The molecular weight excluding hydrogens is 148 g/mol. The van der Waals surface area contributed by atoms with Gasteiger partial charge in [0.25, 0.3) is 5.78 Å². The molecule has 0 radical (unpaired) electrons. The summed E-state index contributed by atoms with van der Waals surface area (Å²) in [6, 6.07) is 0. The van der Waals surface area contributed by atoms with Crippen molar-refractivity contribution in [2.45, 2.75) is 13.8 Å². The molecule has 0 bridgehead atoms. The summed E-state index contributed by atoms with van der Waals surface area (Å²) < 4.78 is 4.12. The van der Waals surface area contributed by atoms with Crippen molar-refractivity contribution in [2.24, 2.45) is 11.8 Å². The Morgan fingerprint density at radius 1 is 1.27 bits per heavy atom. The van der Waals surface area contributed by atoms with Crippen molar-refractivity contribution in [3.8, 4) is 0 Å². The molecule has 1 saturated heterocycles. The highest BCUT2D eigenvalue weighted by Crippen LogP contribution is 2.20. The Morgan fingerprint density at radius 3 is 2.00 bits per heavy atom. The van der Waals surface area contributed by atoms with E-state index >= 15 is 0 Å². The molecule has 1 aliphatic rings. The van der Waals surface area contributed by atoms with Crippen molar-refractivity contribution in [1.29, 1.82) is 0 Å². The van der Waals surface area contributed by atoms with Gasteiger partial charge >= 0.3 is 11.9 Å². The maximum absolute atomic E-state index is 10.9. The summed E-state index contributed by atoms with van der Waals surface area (Å²) in [5.41, 5.74) is 0. The molecule has 0 aromatic rings. The van der Waals surface area contributed by atoms with E-state index in [2.05, 4.69) is 4.74 Å². The summed E-state index contributed by atoms with van der Waals surface area (Å²) in [6.07, 6.45) is 0. The second kappa shape index (κ2) is 2.45. The summed E-state index contributed by atoms with van der Waals surface area (Å²) in [6.45, 7) is 3.39. The van der Waals surface area contributed by atoms with Crippen LogP contribution in [0, 0.1) is 11.8 Å². The second-order valence-electron chi connectivity index (χ2n) is 2.79. The third kappa shape index (κ3) is 1.15. The molecule has 0 spiro atoms. The zero-order chi connectivity index (χ0) is 8.59. The molecule has 0 saturated carbocycles. The van der Waals surface area contributed by atoms with Gasteiger partial charge in [-0.05, 0) is 5.92 Å². The van der Waals surface area contributed by atoms with Crippen LogP contribution in [0.1, 0.15) is 13.8 Å². The molecule has 1 atom stereocenters. The highest BCUT2D eigenvalue weighted by molar-refractivity contribution is 6.43. The topological polar surface area (TPSA) is 60.4 Å². The Bertz CT molecular complexity index is 229. The third-order valence-corrected chi connectivity index (χ3v) is 1.60. The van der Waals surface area contributed by atoms with E-state index in [-0.39, 0.29) is 5.92 Å². The Hall–Kier alpha value is -1.19. The molecule has 1 aliphatic heterocycles. The van der Waals surface area contributed by atoms with E-state index in [0.717, 1.165) is 0 Å². The van der Waals surface area contributed by atoms with E-state index in [1.54, 1.807) is 13.8 Å². The predicted molar refractivity (Wildman–Crippen MR) is 34.4 cm³/mol.